The van der Waals surface area contributed by atoms with Crippen LogP contribution < -0.4 is 9.62 Å². The third-order valence-electron chi connectivity index (χ3n) is 7.76. The van der Waals surface area contributed by atoms with Gasteiger partial charge in [-0.15, -0.1) is 0 Å². The van der Waals surface area contributed by atoms with Crippen LogP contribution in [-0.4, -0.2) is 43.8 Å². The number of sulfonamides is 1. The number of amides is 2. The van der Waals surface area contributed by atoms with Gasteiger partial charge in [0.1, 0.15) is 12.6 Å². The molecule has 0 aliphatic carbocycles. The topological polar surface area (TPSA) is 86.8 Å². The fourth-order valence-electron chi connectivity index (χ4n) is 5.04. The van der Waals surface area contributed by atoms with Crippen LogP contribution in [0, 0.1) is 20.8 Å². The number of carbonyl (C=O) groups excluding carboxylic acids is 2. The molecule has 4 aromatic carbocycles. The first-order valence-electron chi connectivity index (χ1n) is 15.0. The molecule has 0 bridgehead atoms. The van der Waals surface area contributed by atoms with E-state index in [0.29, 0.717) is 21.3 Å². The molecule has 0 fully saturated rings. The molecule has 0 aromatic heterocycles. The molecule has 7 nitrogen and oxygen atoms in total. The van der Waals surface area contributed by atoms with Gasteiger partial charge in [0.2, 0.25) is 11.8 Å². The summed E-state index contributed by atoms with van der Waals surface area (Å²) < 4.78 is 29.6. The average Bonchev–Trinajstić information content (AvgIpc) is 3.00. The monoisotopic (exact) mass is 679 g/mol. The Morgan fingerprint density at radius 3 is 2.02 bits per heavy atom. The second-order valence-corrected chi connectivity index (χ2v) is 14.4. The van der Waals surface area contributed by atoms with Crippen LogP contribution >= 0.6 is 23.2 Å². The molecule has 0 aliphatic rings. The first kappa shape index (κ1) is 35.0. The van der Waals surface area contributed by atoms with E-state index in [2.05, 4.69) is 5.32 Å². The van der Waals surface area contributed by atoms with Crippen LogP contribution in [-0.2, 0) is 32.6 Å². The van der Waals surface area contributed by atoms with Crippen LogP contribution in [0.25, 0.3) is 0 Å². The minimum atomic E-state index is -4.21. The summed E-state index contributed by atoms with van der Waals surface area (Å²) in [5.41, 5.74) is 4.36. The zero-order valence-electron chi connectivity index (χ0n) is 26.6. The number of aryl methyl sites for hydroxylation is 3. The van der Waals surface area contributed by atoms with Crippen LogP contribution in [0.4, 0.5) is 5.69 Å². The number of anilines is 1. The highest BCUT2D eigenvalue weighted by atomic mass is 35.5. The number of nitrogens with zero attached hydrogens (tertiary/aromatic N) is 2. The summed E-state index contributed by atoms with van der Waals surface area (Å²) in [6.45, 7) is 8.67. The molecular weight excluding hydrogens is 641 g/mol. The van der Waals surface area contributed by atoms with Gasteiger partial charge < -0.3 is 10.2 Å². The maximum absolute atomic E-state index is 14.6. The van der Waals surface area contributed by atoms with Crippen LogP contribution in [0.1, 0.15) is 41.7 Å². The molecule has 242 valence electrons. The zero-order chi connectivity index (χ0) is 33.6. The number of benzene rings is 4. The van der Waals surface area contributed by atoms with Crippen molar-refractivity contribution in [2.24, 2.45) is 0 Å². The summed E-state index contributed by atoms with van der Waals surface area (Å²) in [5, 5.41) is 3.59. The van der Waals surface area contributed by atoms with E-state index in [1.54, 1.807) is 42.5 Å². The van der Waals surface area contributed by atoms with E-state index in [9.17, 15) is 18.0 Å². The van der Waals surface area contributed by atoms with Crippen molar-refractivity contribution in [1.82, 2.24) is 10.2 Å². The van der Waals surface area contributed by atoms with Gasteiger partial charge in [-0.1, -0.05) is 83.4 Å². The molecule has 2 amide bonds. The predicted molar refractivity (Wildman–Crippen MR) is 186 cm³/mol. The zero-order valence-corrected chi connectivity index (χ0v) is 29.0. The third kappa shape index (κ3) is 8.49. The lowest BCUT2D eigenvalue weighted by Gasteiger charge is -2.34. The van der Waals surface area contributed by atoms with E-state index >= 15 is 0 Å². The number of nitrogens with one attached hydrogen (secondary N) is 1. The first-order chi connectivity index (χ1) is 21.8. The van der Waals surface area contributed by atoms with Crippen LogP contribution in [0.2, 0.25) is 10.0 Å². The minimum Gasteiger partial charge on any atom is -0.352 e. The van der Waals surface area contributed by atoms with Crippen LogP contribution in [0.15, 0.2) is 95.9 Å². The molecule has 4 rings (SSSR count). The summed E-state index contributed by atoms with van der Waals surface area (Å²) in [5.74, 6) is -0.973. The molecular formula is C36H39Cl2N3O4S. The molecule has 0 radical (unpaired) electrons. The predicted octanol–water partition coefficient (Wildman–Crippen LogP) is 7.28. The molecule has 0 saturated heterocycles. The van der Waals surface area contributed by atoms with Crippen LogP contribution in [0.3, 0.4) is 0 Å². The van der Waals surface area contributed by atoms with Gasteiger partial charge in [-0.3, -0.25) is 13.9 Å². The standard InChI is InChI=1S/C36H39Cl2N3O4S/c1-24(2)39-36(43)34(21-28-10-7-6-8-11-28)40(22-31-32(37)12-9-13-33(31)38)35(42)23-41(29-17-16-26(4)27(5)20-29)46(44,45)30-18-14-25(3)15-19-30/h6-20,24,34H,21-23H2,1-5H3,(H,39,43)/t34-/m1/s1. The molecule has 4 aromatic rings. The number of hydrogen-bond donors (Lipinski definition) is 1. The Morgan fingerprint density at radius 2 is 1.43 bits per heavy atom. The lowest BCUT2D eigenvalue weighted by Crippen LogP contribution is -2.54. The van der Waals surface area contributed by atoms with Crippen molar-refractivity contribution in [3.63, 3.8) is 0 Å². The minimum absolute atomic E-state index is 0.0446. The molecule has 0 unspecified atom stereocenters. The van der Waals surface area contributed by atoms with E-state index in [4.69, 9.17) is 23.2 Å². The molecule has 0 spiro atoms. The van der Waals surface area contributed by atoms with Crippen molar-refractivity contribution in [3.05, 3.63) is 129 Å². The van der Waals surface area contributed by atoms with Crippen molar-refractivity contribution in [2.45, 2.75) is 64.6 Å². The summed E-state index contributed by atoms with van der Waals surface area (Å²) in [4.78, 5) is 29.9. The van der Waals surface area contributed by atoms with Crippen LogP contribution in [0.5, 0.6) is 0 Å². The summed E-state index contributed by atoms with van der Waals surface area (Å²) in [6.07, 6.45) is 0.182. The molecule has 0 aliphatic heterocycles. The van der Waals surface area contributed by atoms with Crippen molar-refractivity contribution < 1.29 is 18.0 Å². The lowest BCUT2D eigenvalue weighted by molar-refractivity contribution is -0.140. The highest BCUT2D eigenvalue weighted by Gasteiger charge is 2.35. The number of rotatable bonds is 12. The SMILES string of the molecule is Cc1ccc(S(=O)(=O)N(CC(=O)N(Cc2c(Cl)cccc2Cl)[C@H](Cc2ccccc2)C(=O)NC(C)C)c2ccc(C)c(C)c2)cc1. The van der Waals surface area contributed by atoms with Gasteiger partial charge in [0.15, 0.2) is 0 Å². The molecule has 10 heteroatoms. The van der Waals surface area contributed by atoms with Gasteiger partial charge >= 0.3 is 0 Å². The van der Waals surface area contributed by atoms with Gasteiger partial charge in [-0.05, 0) is 87.7 Å². The van der Waals surface area contributed by atoms with Gasteiger partial charge in [-0.25, -0.2) is 8.42 Å². The molecule has 1 atom stereocenters. The Balaban J connectivity index is 1.86. The van der Waals surface area contributed by atoms with Gasteiger partial charge in [0.25, 0.3) is 10.0 Å². The second kappa shape index (κ2) is 15.2. The smallest absolute Gasteiger partial charge is 0.264 e. The molecule has 0 saturated carbocycles. The average molecular weight is 681 g/mol. The Morgan fingerprint density at radius 1 is 0.804 bits per heavy atom. The number of halogens is 2. The van der Waals surface area contributed by atoms with Gasteiger partial charge in [0.05, 0.1) is 10.6 Å². The van der Waals surface area contributed by atoms with Crippen molar-refractivity contribution in [2.75, 3.05) is 10.8 Å². The largest absolute Gasteiger partial charge is 0.352 e. The van der Waals surface area contributed by atoms with E-state index in [1.807, 2.05) is 71.0 Å². The maximum atomic E-state index is 14.6. The number of carbonyl (C=O) groups is 2. The fraction of sp³-hybridized carbons (Fsp3) is 0.278. The van der Waals surface area contributed by atoms with Crippen molar-refractivity contribution in [1.29, 1.82) is 0 Å². The highest BCUT2D eigenvalue weighted by Crippen LogP contribution is 2.30. The normalized spacial score (nSPS) is 12.1. The first-order valence-corrected chi connectivity index (χ1v) is 17.2. The van der Waals surface area contributed by atoms with E-state index in [0.717, 1.165) is 26.6 Å². The highest BCUT2D eigenvalue weighted by molar-refractivity contribution is 7.92. The van der Waals surface area contributed by atoms with E-state index in [-0.39, 0.29) is 29.8 Å². The molecule has 46 heavy (non-hydrogen) atoms. The summed E-state index contributed by atoms with van der Waals surface area (Å²) in [6, 6.07) is 24.9. The van der Waals surface area contributed by atoms with Crippen molar-refractivity contribution >= 4 is 50.7 Å². The maximum Gasteiger partial charge on any atom is 0.264 e. The third-order valence-corrected chi connectivity index (χ3v) is 10.3. The molecule has 1 N–H and O–H groups in total. The fourth-order valence-corrected chi connectivity index (χ4v) is 6.96. The quantitative estimate of drug-likeness (QED) is 0.171. The Labute approximate surface area is 282 Å². The van der Waals surface area contributed by atoms with E-state index in [1.165, 1.54) is 17.0 Å². The summed E-state index contributed by atoms with van der Waals surface area (Å²) in [7, 11) is -4.21. The second-order valence-electron chi connectivity index (χ2n) is 11.7. The number of hydrogen-bond acceptors (Lipinski definition) is 4. The Bertz CT molecular complexity index is 1780. The van der Waals surface area contributed by atoms with Crippen molar-refractivity contribution in [3.8, 4) is 0 Å². The summed E-state index contributed by atoms with van der Waals surface area (Å²) >= 11 is 13.2. The Hall–Kier alpha value is -3.85. The van der Waals surface area contributed by atoms with Gasteiger partial charge in [0, 0.05) is 34.6 Å². The van der Waals surface area contributed by atoms with E-state index < -0.39 is 28.5 Å². The molecule has 0 heterocycles. The Kier molecular flexibility index (Phi) is 11.5. The lowest BCUT2D eigenvalue weighted by atomic mass is 10.0. The van der Waals surface area contributed by atoms with Gasteiger partial charge in [-0.2, -0.15) is 0 Å².